The van der Waals surface area contributed by atoms with Crippen molar-refractivity contribution in [2.75, 3.05) is 20.2 Å². The van der Waals surface area contributed by atoms with Gasteiger partial charge in [0.1, 0.15) is 0 Å². The fourth-order valence-electron chi connectivity index (χ4n) is 2.16. The van der Waals surface area contributed by atoms with Crippen LogP contribution in [-0.4, -0.2) is 36.6 Å². The van der Waals surface area contributed by atoms with Crippen molar-refractivity contribution in [1.29, 1.82) is 0 Å². The third-order valence-corrected chi connectivity index (χ3v) is 3.70. The number of carbonyl (C=O) groups is 1. The quantitative estimate of drug-likeness (QED) is 0.623. The van der Waals surface area contributed by atoms with Gasteiger partial charge >= 0.3 is 5.97 Å². The summed E-state index contributed by atoms with van der Waals surface area (Å²) in [6.07, 6.45) is 0. The lowest BCUT2D eigenvalue weighted by Gasteiger charge is -2.32. The number of likely N-dealkylation sites (tertiary alicyclic amines) is 1. The zero-order valence-electron chi connectivity index (χ0n) is 10.8. The molecule has 0 aromatic rings. The van der Waals surface area contributed by atoms with Gasteiger partial charge in [0.2, 0.25) is 0 Å². The van der Waals surface area contributed by atoms with E-state index in [1.54, 1.807) is 0 Å². The van der Waals surface area contributed by atoms with Crippen LogP contribution in [0.15, 0.2) is 0 Å². The molecule has 0 spiro atoms. The van der Waals surface area contributed by atoms with Crippen LogP contribution in [-0.2, 0) is 9.53 Å². The van der Waals surface area contributed by atoms with Crippen molar-refractivity contribution in [3.8, 4) is 0 Å². The second kappa shape index (κ2) is 3.78. The Hall–Kier alpha value is -0.570. The van der Waals surface area contributed by atoms with Crippen molar-refractivity contribution in [2.24, 2.45) is 11.3 Å². The standard InChI is InChI=1S/C12H23NO2/c1-9-7-13(11(2,3)4)8-12(9,5)10(14)15-6/h9H,7-8H2,1-6H3/t9-,12-/m1/s1. The van der Waals surface area contributed by atoms with Crippen LogP contribution < -0.4 is 0 Å². The van der Waals surface area contributed by atoms with E-state index in [9.17, 15) is 4.79 Å². The van der Waals surface area contributed by atoms with E-state index in [1.165, 1.54) is 7.11 Å². The molecule has 3 nitrogen and oxygen atoms in total. The molecule has 0 aliphatic carbocycles. The first-order valence-electron chi connectivity index (χ1n) is 5.55. The van der Waals surface area contributed by atoms with E-state index in [2.05, 4.69) is 32.6 Å². The lowest BCUT2D eigenvalue weighted by Crippen LogP contribution is -2.42. The third-order valence-electron chi connectivity index (χ3n) is 3.70. The van der Waals surface area contributed by atoms with Gasteiger partial charge < -0.3 is 4.74 Å². The second-order valence-electron chi connectivity index (χ2n) is 5.86. The van der Waals surface area contributed by atoms with Gasteiger partial charge in [0.25, 0.3) is 0 Å². The topological polar surface area (TPSA) is 29.5 Å². The van der Waals surface area contributed by atoms with Crippen molar-refractivity contribution in [3.05, 3.63) is 0 Å². The second-order valence-corrected chi connectivity index (χ2v) is 5.86. The Bertz CT molecular complexity index is 257. The number of ether oxygens (including phenoxy) is 1. The van der Waals surface area contributed by atoms with Crippen LogP contribution in [0.25, 0.3) is 0 Å². The fourth-order valence-corrected chi connectivity index (χ4v) is 2.16. The molecule has 0 aromatic carbocycles. The molecular formula is C12H23NO2. The highest BCUT2D eigenvalue weighted by atomic mass is 16.5. The van der Waals surface area contributed by atoms with Crippen LogP contribution in [0.2, 0.25) is 0 Å². The van der Waals surface area contributed by atoms with Crippen molar-refractivity contribution in [2.45, 2.75) is 40.2 Å². The first kappa shape index (κ1) is 12.5. The highest BCUT2D eigenvalue weighted by molar-refractivity contribution is 5.77. The number of hydrogen-bond donors (Lipinski definition) is 0. The van der Waals surface area contributed by atoms with Gasteiger partial charge in [0.15, 0.2) is 0 Å². The van der Waals surface area contributed by atoms with Crippen LogP contribution in [0.5, 0.6) is 0 Å². The molecule has 0 aromatic heterocycles. The lowest BCUT2D eigenvalue weighted by atomic mass is 9.81. The number of nitrogens with zero attached hydrogens (tertiary/aromatic N) is 1. The van der Waals surface area contributed by atoms with E-state index >= 15 is 0 Å². The van der Waals surface area contributed by atoms with Gasteiger partial charge in [-0.15, -0.1) is 0 Å². The molecule has 88 valence electrons. The number of rotatable bonds is 1. The maximum absolute atomic E-state index is 11.8. The van der Waals surface area contributed by atoms with E-state index in [4.69, 9.17) is 4.74 Å². The summed E-state index contributed by atoms with van der Waals surface area (Å²) in [5.41, 5.74) is -0.220. The number of methoxy groups -OCH3 is 1. The minimum Gasteiger partial charge on any atom is -0.469 e. The van der Waals surface area contributed by atoms with Gasteiger partial charge in [-0.05, 0) is 33.6 Å². The van der Waals surface area contributed by atoms with Crippen LogP contribution in [0.1, 0.15) is 34.6 Å². The summed E-state index contributed by atoms with van der Waals surface area (Å²) in [6.45, 7) is 12.4. The average Bonchev–Trinajstić information content (AvgIpc) is 2.42. The summed E-state index contributed by atoms with van der Waals surface area (Å²) in [5.74, 6) is 0.269. The molecule has 15 heavy (non-hydrogen) atoms. The summed E-state index contributed by atoms with van der Waals surface area (Å²) < 4.78 is 4.90. The first-order chi connectivity index (χ1) is 6.71. The van der Waals surface area contributed by atoms with E-state index < -0.39 is 0 Å². The number of carbonyl (C=O) groups excluding carboxylic acids is 1. The fraction of sp³-hybridized carbons (Fsp3) is 0.917. The van der Waals surface area contributed by atoms with Crippen molar-refractivity contribution >= 4 is 5.97 Å². The minimum absolute atomic E-state index is 0.0817. The SMILES string of the molecule is COC(=O)[C@]1(C)CN(C(C)(C)C)C[C@H]1C. The molecular weight excluding hydrogens is 190 g/mol. The summed E-state index contributed by atoms with van der Waals surface area (Å²) in [6, 6.07) is 0. The molecule has 0 bridgehead atoms. The molecule has 0 N–H and O–H groups in total. The summed E-state index contributed by atoms with van der Waals surface area (Å²) in [7, 11) is 1.47. The van der Waals surface area contributed by atoms with Gasteiger partial charge in [-0.2, -0.15) is 0 Å². The molecule has 0 amide bonds. The Balaban J connectivity index is 2.84. The Morgan fingerprint density at radius 1 is 1.47 bits per heavy atom. The normalized spacial score (nSPS) is 33.1. The molecule has 1 saturated heterocycles. The van der Waals surface area contributed by atoms with E-state index in [1.807, 2.05) is 6.92 Å². The van der Waals surface area contributed by atoms with Gasteiger partial charge in [-0.1, -0.05) is 6.92 Å². The first-order valence-corrected chi connectivity index (χ1v) is 5.55. The highest BCUT2D eigenvalue weighted by Gasteiger charge is 2.49. The zero-order chi connectivity index (χ0) is 11.9. The molecule has 1 heterocycles. The highest BCUT2D eigenvalue weighted by Crippen LogP contribution is 2.39. The van der Waals surface area contributed by atoms with Gasteiger partial charge in [-0.3, -0.25) is 9.69 Å². The maximum Gasteiger partial charge on any atom is 0.313 e. The molecule has 1 aliphatic heterocycles. The van der Waals surface area contributed by atoms with Crippen molar-refractivity contribution < 1.29 is 9.53 Å². The van der Waals surface area contributed by atoms with E-state index in [-0.39, 0.29) is 16.9 Å². The van der Waals surface area contributed by atoms with Gasteiger partial charge in [0.05, 0.1) is 12.5 Å². The molecule has 1 fully saturated rings. The van der Waals surface area contributed by atoms with E-state index in [0.717, 1.165) is 13.1 Å². The molecule has 1 rings (SSSR count). The molecule has 0 saturated carbocycles. The smallest absolute Gasteiger partial charge is 0.313 e. The summed E-state index contributed by atoms with van der Waals surface area (Å²) >= 11 is 0. The molecule has 1 aliphatic rings. The summed E-state index contributed by atoms with van der Waals surface area (Å²) in [5, 5.41) is 0. The number of hydrogen-bond acceptors (Lipinski definition) is 3. The Kier molecular flexibility index (Phi) is 3.15. The Labute approximate surface area is 92.8 Å². The zero-order valence-corrected chi connectivity index (χ0v) is 10.8. The van der Waals surface area contributed by atoms with Crippen LogP contribution in [0.4, 0.5) is 0 Å². The molecule has 0 radical (unpaired) electrons. The van der Waals surface area contributed by atoms with Crippen molar-refractivity contribution in [3.63, 3.8) is 0 Å². The lowest BCUT2D eigenvalue weighted by molar-refractivity contribution is -0.153. The Morgan fingerprint density at radius 2 is 2.00 bits per heavy atom. The van der Waals surface area contributed by atoms with Crippen LogP contribution in [0.3, 0.4) is 0 Å². The third kappa shape index (κ3) is 2.17. The van der Waals surface area contributed by atoms with Crippen LogP contribution in [0, 0.1) is 11.3 Å². The molecule has 0 unspecified atom stereocenters. The van der Waals surface area contributed by atoms with Gasteiger partial charge in [0, 0.05) is 18.6 Å². The van der Waals surface area contributed by atoms with Crippen LogP contribution >= 0.6 is 0 Å². The largest absolute Gasteiger partial charge is 0.469 e. The van der Waals surface area contributed by atoms with Crippen molar-refractivity contribution in [1.82, 2.24) is 4.90 Å². The van der Waals surface area contributed by atoms with Gasteiger partial charge in [-0.25, -0.2) is 0 Å². The minimum atomic E-state index is -0.345. The summed E-state index contributed by atoms with van der Waals surface area (Å²) in [4.78, 5) is 14.1. The monoisotopic (exact) mass is 213 g/mol. The maximum atomic E-state index is 11.8. The average molecular weight is 213 g/mol. The van der Waals surface area contributed by atoms with E-state index in [0.29, 0.717) is 5.92 Å². The predicted molar refractivity (Wildman–Crippen MR) is 60.6 cm³/mol. The molecule has 3 heteroatoms. The Morgan fingerprint density at radius 3 is 2.33 bits per heavy atom. The predicted octanol–water partition coefficient (Wildman–Crippen LogP) is 1.92. The number of esters is 1. The molecule has 2 atom stereocenters.